The quantitative estimate of drug-likeness (QED) is 0.746. The van der Waals surface area contributed by atoms with E-state index in [2.05, 4.69) is 35.9 Å². The zero-order valence-electron chi connectivity index (χ0n) is 15.4. The van der Waals surface area contributed by atoms with Crippen LogP contribution in [0.3, 0.4) is 0 Å². The maximum atomic E-state index is 12.6. The van der Waals surface area contributed by atoms with Crippen LogP contribution in [0, 0.1) is 0 Å². The van der Waals surface area contributed by atoms with Crippen molar-refractivity contribution in [2.24, 2.45) is 0 Å². The number of aromatic nitrogens is 5. The summed E-state index contributed by atoms with van der Waals surface area (Å²) in [5.41, 5.74) is 3.35. The average molecular weight is 363 g/mol. The predicted molar refractivity (Wildman–Crippen MR) is 102 cm³/mol. The second-order valence-corrected chi connectivity index (χ2v) is 6.85. The Morgan fingerprint density at radius 2 is 2.00 bits per heavy atom. The van der Waals surface area contributed by atoms with Crippen molar-refractivity contribution in [3.63, 3.8) is 0 Å². The average Bonchev–Trinajstić information content (AvgIpc) is 2.69. The minimum atomic E-state index is -0.0929. The molecule has 0 saturated carbocycles. The molecule has 0 saturated heterocycles. The molecule has 27 heavy (non-hydrogen) atoms. The highest BCUT2D eigenvalue weighted by molar-refractivity contribution is 5.52. The van der Waals surface area contributed by atoms with Gasteiger partial charge in [0, 0.05) is 58.7 Å². The van der Waals surface area contributed by atoms with Crippen LogP contribution >= 0.6 is 0 Å². The summed E-state index contributed by atoms with van der Waals surface area (Å²) >= 11 is 0. The molecule has 0 unspecified atom stereocenters. The molecule has 8 heteroatoms. The van der Waals surface area contributed by atoms with Gasteiger partial charge in [0.2, 0.25) is 0 Å². The fourth-order valence-corrected chi connectivity index (χ4v) is 3.21. The Bertz CT molecular complexity index is 983. The molecule has 3 aromatic rings. The predicted octanol–water partition coefficient (Wildman–Crippen LogP) is 1.25. The van der Waals surface area contributed by atoms with Gasteiger partial charge in [-0.2, -0.15) is 0 Å². The molecule has 1 aliphatic rings. The fraction of sp³-hybridized carbons (Fsp3) is 0.316. The smallest absolute Gasteiger partial charge is 0.255 e. The zero-order valence-corrected chi connectivity index (χ0v) is 15.4. The summed E-state index contributed by atoms with van der Waals surface area (Å²) in [6, 6.07) is 4.09. The van der Waals surface area contributed by atoms with E-state index in [4.69, 9.17) is 0 Å². The molecular weight excluding hydrogens is 342 g/mol. The number of H-pyrrole nitrogens is 1. The van der Waals surface area contributed by atoms with Crippen LogP contribution in [0.2, 0.25) is 0 Å². The zero-order chi connectivity index (χ0) is 18.8. The summed E-state index contributed by atoms with van der Waals surface area (Å²) in [6.07, 6.45) is 7.39. The Kier molecular flexibility index (Phi) is 4.64. The summed E-state index contributed by atoms with van der Waals surface area (Å²) < 4.78 is 0. The van der Waals surface area contributed by atoms with Gasteiger partial charge in [-0.1, -0.05) is 6.07 Å². The number of fused-ring (bicyclic) bond motifs is 1. The van der Waals surface area contributed by atoms with E-state index in [1.807, 2.05) is 31.3 Å². The highest BCUT2D eigenvalue weighted by Gasteiger charge is 2.21. The number of nitrogens with zero attached hydrogens (tertiary/aromatic N) is 6. The third-order valence-electron chi connectivity index (χ3n) is 4.66. The molecular formula is C19H21N7O. The van der Waals surface area contributed by atoms with Crippen LogP contribution in [0.4, 0.5) is 5.82 Å². The first kappa shape index (κ1) is 17.3. The van der Waals surface area contributed by atoms with Gasteiger partial charge in [-0.3, -0.25) is 9.69 Å². The molecule has 0 bridgehead atoms. The monoisotopic (exact) mass is 363 g/mol. The Labute approximate surface area is 157 Å². The molecule has 4 rings (SSSR count). The molecule has 4 heterocycles. The Morgan fingerprint density at radius 1 is 1.19 bits per heavy atom. The van der Waals surface area contributed by atoms with Crippen LogP contribution in [-0.2, 0) is 19.5 Å². The third-order valence-corrected chi connectivity index (χ3v) is 4.66. The van der Waals surface area contributed by atoms with Crippen molar-refractivity contribution < 1.29 is 0 Å². The number of anilines is 1. The van der Waals surface area contributed by atoms with Crippen molar-refractivity contribution in [2.45, 2.75) is 19.5 Å². The number of pyridine rings is 1. The van der Waals surface area contributed by atoms with Gasteiger partial charge in [-0.25, -0.2) is 19.9 Å². The SMILES string of the molecule is CN(C)c1ccc(CN2CCc3nc(-c4cncnc4)[nH]c(=O)c3C2)cn1. The van der Waals surface area contributed by atoms with Crippen molar-refractivity contribution in [1.29, 1.82) is 0 Å². The van der Waals surface area contributed by atoms with E-state index in [0.717, 1.165) is 42.1 Å². The molecule has 0 aliphatic carbocycles. The van der Waals surface area contributed by atoms with Crippen molar-refractivity contribution in [3.8, 4) is 11.4 Å². The molecule has 0 radical (unpaired) electrons. The second kappa shape index (κ2) is 7.24. The van der Waals surface area contributed by atoms with E-state index in [9.17, 15) is 4.79 Å². The number of nitrogens with one attached hydrogen (secondary N) is 1. The largest absolute Gasteiger partial charge is 0.363 e. The minimum absolute atomic E-state index is 0.0929. The molecule has 8 nitrogen and oxygen atoms in total. The molecule has 0 spiro atoms. The first-order valence-corrected chi connectivity index (χ1v) is 8.82. The van der Waals surface area contributed by atoms with Crippen molar-refractivity contribution in [2.75, 3.05) is 25.5 Å². The Balaban J connectivity index is 1.52. The fourth-order valence-electron chi connectivity index (χ4n) is 3.21. The molecule has 0 atom stereocenters. The van der Waals surface area contributed by atoms with Crippen LogP contribution < -0.4 is 10.5 Å². The van der Waals surface area contributed by atoms with Crippen LogP contribution in [0.1, 0.15) is 16.8 Å². The highest BCUT2D eigenvalue weighted by atomic mass is 16.1. The molecule has 0 fully saturated rings. The topological polar surface area (TPSA) is 90.9 Å². The molecule has 138 valence electrons. The van der Waals surface area contributed by atoms with E-state index in [0.29, 0.717) is 17.9 Å². The van der Waals surface area contributed by atoms with Gasteiger partial charge < -0.3 is 9.88 Å². The molecule has 0 aromatic carbocycles. The maximum absolute atomic E-state index is 12.6. The van der Waals surface area contributed by atoms with Gasteiger partial charge in [0.25, 0.3) is 5.56 Å². The first-order chi connectivity index (χ1) is 13.1. The lowest BCUT2D eigenvalue weighted by atomic mass is 10.1. The van der Waals surface area contributed by atoms with Gasteiger partial charge in [0.1, 0.15) is 18.0 Å². The Hall–Kier alpha value is -3.13. The number of hydrogen-bond donors (Lipinski definition) is 1. The van der Waals surface area contributed by atoms with Gasteiger partial charge in [-0.15, -0.1) is 0 Å². The number of hydrogen-bond acceptors (Lipinski definition) is 7. The second-order valence-electron chi connectivity index (χ2n) is 6.85. The van der Waals surface area contributed by atoms with E-state index in [1.165, 1.54) is 6.33 Å². The molecule has 1 N–H and O–H groups in total. The minimum Gasteiger partial charge on any atom is -0.363 e. The summed E-state index contributed by atoms with van der Waals surface area (Å²) in [6.45, 7) is 2.19. The normalized spacial score (nSPS) is 14.0. The van der Waals surface area contributed by atoms with Crippen molar-refractivity contribution >= 4 is 5.82 Å². The molecule has 1 aliphatic heterocycles. The van der Waals surface area contributed by atoms with E-state index >= 15 is 0 Å². The first-order valence-electron chi connectivity index (χ1n) is 8.82. The molecule has 0 amide bonds. The van der Waals surface area contributed by atoms with E-state index < -0.39 is 0 Å². The van der Waals surface area contributed by atoms with Crippen LogP contribution in [-0.4, -0.2) is 50.5 Å². The van der Waals surface area contributed by atoms with Crippen LogP contribution in [0.15, 0.2) is 41.8 Å². The van der Waals surface area contributed by atoms with E-state index in [-0.39, 0.29) is 5.56 Å². The van der Waals surface area contributed by atoms with Gasteiger partial charge >= 0.3 is 0 Å². The van der Waals surface area contributed by atoms with Crippen LogP contribution in [0.25, 0.3) is 11.4 Å². The van der Waals surface area contributed by atoms with Gasteiger partial charge in [0.15, 0.2) is 0 Å². The summed E-state index contributed by atoms with van der Waals surface area (Å²) in [5.74, 6) is 1.46. The highest BCUT2D eigenvalue weighted by Crippen LogP contribution is 2.19. The lowest BCUT2D eigenvalue weighted by molar-refractivity contribution is 0.241. The lowest BCUT2D eigenvalue weighted by Gasteiger charge is -2.27. The summed E-state index contributed by atoms with van der Waals surface area (Å²) in [4.78, 5) is 36.8. The van der Waals surface area contributed by atoms with E-state index in [1.54, 1.807) is 12.4 Å². The summed E-state index contributed by atoms with van der Waals surface area (Å²) in [5, 5.41) is 0. The Morgan fingerprint density at radius 3 is 2.70 bits per heavy atom. The molecule has 3 aromatic heterocycles. The number of aromatic amines is 1. The van der Waals surface area contributed by atoms with Crippen LogP contribution in [0.5, 0.6) is 0 Å². The summed E-state index contributed by atoms with van der Waals surface area (Å²) in [7, 11) is 3.94. The van der Waals surface area contributed by atoms with Gasteiger partial charge in [-0.05, 0) is 11.6 Å². The van der Waals surface area contributed by atoms with Gasteiger partial charge in [0.05, 0.1) is 16.8 Å². The van der Waals surface area contributed by atoms with Crippen molar-refractivity contribution in [1.82, 2.24) is 29.8 Å². The van der Waals surface area contributed by atoms with Crippen molar-refractivity contribution in [3.05, 3.63) is 64.2 Å². The maximum Gasteiger partial charge on any atom is 0.255 e. The third kappa shape index (κ3) is 3.70. The lowest BCUT2D eigenvalue weighted by Crippen LogP contribution is -2.35. The standard InChI is InChI=1S/C19H21N7O/c1-25(2)17-4-3-13(7-22-17)10-26-6-5-16-15(11-26)19(27)24-18(23-16)14-8-20-12-21-9-14/h3-4,7-9,12H,5-6,10-11H2,1-2H3,(H,23,24,27). The number of rotatable bonds is 4.